The summed E-state index contributed by atoms with van der Waals surface area (Å²) >= 11 is 0. The zero-order chi connectivity index (χ0) is 8.27. The molecule has 0 aromatic heterocycles. The normalized spacial score (nSPS) is 31.6. The lowest BCUT2D eigenvalue weighted by Crippen LogP contribution is -2.36. The largest absolute Gasteiger partial charge is 0.377 e. The van der Waals surface area contributed by atoms with E-state index in [0.717, 1.165) is 19.1 Å². The lowest BCUT2D eigenvalue weighted by molar-refractivity contribution is 0.112. The van der Waals surface area contributed by atoms with E-state index in [2.05, 4.69) is 26.1 Å². The molecule has 0 aliphatic carbocycles. The Morgan fingerprint density at radius 3 is 2.73 bits per heavy atom. The third kappa shape index (κ3) is 2.80. The molecule has 1 N–H and O–H groups in total. The van der Waals surface area contributed by atoms with Crippen molar-refractivity contribution < 1.29 is 4.74 Å². The Morgan fingerprint density at radius 2 is 2.27 bits per heavy atom. The van der Waals surface area contributed by atoms with Crippen LogP contribution in [0.3, 0.4) is 0 Å². The maximum atomic E-state index is 5.44. The fraction of sp³-hybridized carbons (Fsp3) is 1.00. The highest BCUT2D eigenvalue weighted by molar-refractivity contribution is 4.78. The van der Waals surface area contributed by atoms with Crippen molar-refractivity contribution in [1.29, 1.82) is 0 Å². The topological polar surface area (TPSA) is 21.3 Å². The van der Waals surface area contributed by atoms with Gasteiger partial charge in [0.15, 0.2) is 0 Å². The third-order valence-electron chi connectivity index (χ3n) is 2.16. The standard InChI is InChI=1S/C9H19NO/c1-7(2)6-10-9-4-5-11-8(9)3/h7-10H,4-6H2,1-3H3/t8-,9+/m0/s1. The lowest BCUT2D eigenvalue weighted by atomic mass is 10.1. The van der Waals surface area contributed by atoms with Gasteiger partial charge in [-0.2, -0.15) is 0 Å². The number of nitrogens with one attached hydrogen (secondary N) is 1. The van der Waals surface area contributed by atoms with E-state index in [0.29, 0.717) is 12.1 Å². The second-order valence-corrected chi connectivity index (χ2v) is 3.77. The first-order valence-corrected chi connectivity index (χ1v) is 4.55. The van der Waals surface area contributed by atoms with Crippen molar-refractivity contribution in [3.63, 3.8) is 0 Å². The maximum Gasteiger partial charge on any atom is 0.0700 e. The SMILES string of the molecule is CC(C)CN[C@@H]1CCO[C@H]1C. The highest BCUT2D eigenvalue weighted by Crippen LogP contribution is 2.12. The average Bonchev–Trinajstić information content (AvgIpc) is 2.31. The number of hydrogen-bond donors (Lipinski definition) is 1. The summed E-state index contributed by atoms with van der Waals surface area (Å²) in [6.07, 6.45) is 1.59. The Kier molecular flexibility index (Phi) is 3.34. The molecule has 66 valence electrons. The second-order valence-electron chi connectivity index (χ2n) is 3.77. The minimum Gasteiger partial charge on any atom is -0.377 e. The molecule has 1 aliphatic rings. The summed E-state index contributed by atoms with van der Waals surface area (Å²) < 4.78 is 5.44. The van der Waals surface area contributed by atoms with Gasteiger partial charge in [-0.25, -0.2) is 0 Å². The molecule has 2 nitrogen and oxygen atoms in total. The van der Waals surface area contributed by atoms with Crippen LogP contribution >= 0.6 is 0 Å². The molecule has 2 heteroatoms. The highest BCUT2D eigenvalue weighted by Gasteiger charge is 2.23. The first-order chi connectivity index (χ1) is 5.20. The van der Waals surface area contributed by atoms with E-state index < -0.39 is 0 Å². The molecule has 1 aliphatic heterocycles. The molecule has 0 saturated carbocycles. The van der Waals surface area contributed by atoms with Crippen LogP contribution < -0.4 is 5.32 Å². The number of ether oxygens (including phenoxy) is 1. The zero-order valence-corrected chi connectivity index (χ0v) is 7.76. The van der Waals surface area contributed by atoms with Crippen LogP contribution in [0.15, 0.2) is 0 Å². The quantitative estimate of drug-likeness (QED) is 0.669. The van der Waals surface area contributed by atoms with E-state index >= 15 is 0 Å². The summed E-state index contributed by atoms with van der Waals surface area (Å²) in [6.45, 7) is 8.64. The first kappa shape index (κ1) is 9.01. The minimum atomic E-state index is 0.411. The van der Waals surface area contributed by atoms with Crippen molar-refractivity contribution in [2.24, 2.45) is 5.92 Å². The van der Waals surface area contributed by atoms with Crippen molar-refractivity contribution in [3.05, 3.63) is 0 Å². The zero-order valence-electron chi connectivity index (χ0n) is 7.76. The lowest BCUT2D eigenvalue weighted by Gasteiger charge is -2.17. The Morgan fingerprint density at radius 1 is 1.55 bits per heavy atom. The van der Waals surface area contributed by atoms with Gasteiger partial charge in [0.1, 0.15) is 0 Å². The van der Waals surface area contributed by atoms with Gasteiger partial charge in [0.2, 0.25) is 0 Å². The molecule has 1 heterocycles. The molecule has 0 unspecified atom stereocenters. The van der Waals surface area contributed by atoms with Gasteiger partial charge in [0, 0.05) is 12.6 Å². The van der Waals surface area contributed by atoms with Crippen molar-refractivity contribution in [2.45, 2.75) is 39.3 Å². The molecule has 0 bridgehead atoms. The van der Waals surface area contributed by atoms with Crippen molar-refractivity contribution in [2.75, 3.05) is 13.2 Å². The van der Waals surface area contributed by atoms with Crippen molar-refractivity contribution >= 4 is 0 Å². The van der Waals surface area contributed by atoms with Crippen LogP contribution in [0.4, 0.5) is 0 Å². The summed E-state index contributed by atoms with van der Waals surface area (Å²) in [7, 11) is 0. The fourth-order valence-electron chi connectivity index (χ4n) is 1.39. The second kappa shape index (κ2) is 4.07. The molecule has 0 amide bonds. The van der Waals surface area contributed by atoms with Crippen LogP contribution in [0.5, 0.6) is 0 Å². The van der Waals surface area contributed by atoms with Crippen molar-refractivity contribution in [3.8, 4) is 0 Å². The van der Waals surface area contributed by atoms with Gasteiger partial charge in [-0.3, -0.25) is 0 Å². The van der Waals surface area contributed by atoms with Gasteiger partial charge in [0.05, 0.1) is 6.10 Å². The number of rotatable bonds is 3. The summed E-state index contributed by atoms with van der Waals surface area (Å²) in [6, 6.07) is 0.595. The van der Waals surface area contributed by atoms with Crippen LogP contribution in [-0.4, -0.2) is 25.3 Å². The molecule has 0 spiro atoms. The van der Waals surface area contributed by atoms with Gasteiger partial charge >= 0.3 is 0 Å². The average molecular weight is 157 g/mol. The van der Waals surface area contributed by atoms with E-state index in [1.807, 2.05) is 0 Å². The highest BCUT2D eigenvalue weighted by atomic mass is 16.5. The Hall–Kier alpha value is -0.0800. The fourth-order valence-corrected chi connectivity index (χ4v) is 1.39. The molecule has 1 saturated heterocycles. The maximum absolute atomic E-state index is 5.44. The third-order valence-corrected chi connectivity index (χ3v) is 2.16. The predicted molar refractivity (Wildman–Crippen MR) is 46.7 cm³/mol. The van der Waals surface area contributed by atoms with Crippen LogP contribution in [0.25, 0.3) is 0 Å². The van der Waals surface area contributed by atoms with Gasteiger partial charge in [-0.05, 0) is 25.8 Å². The first-order valence-electron chi connectivity index (χ1n) is 4.55. The van der Waals surface area contributed by atoms with Crippen LogP contribution in [0, 0.1) is 5.92 Å². The van der Waals surface area contributed by atoms with Gasteiger partial charge in [-0.15, -0.1) is 0 Å². The van der Waals surface area contributed by atoms with Gasteiger partial charge in [-0.1, -0.05) is 13.8 Å². The Bertz CT molecular complexity index is 114. The molecule has 1 rings (SSSR count). The molecule has 1 fully saturated rings. The van der Waals surface area contributed by atoms with E-state index in [1.54, 1.807) is 0 Å². The molecular formula is C9H19NO. The molecule has 2 atom stereocenters. The van der Waals surface area contributed by atoms with E-state index in [1.165, 1.54) is 6.42 Å². The summed E-state index contributed by atoms with van der Waals surface area (Å²) in [5.74, 6) is 0.739. The van der Waals surface area contributed by atoms with Crippen LogP contribution in [0.2, 0.25) is 0 Å². The van der Waals surface area contributed by atoms with Gasteiger partial charge < -0.3 is 10.1 Å². The molecule has 0 aromatic rings. The van der Waals surface area contributed by atoms with E-state index in [4.69, 9.17) is 4.74 Å². The van der Waals surface area contributed by atoms with E-state index in [9.17, 15) is 0 Å². The number of hydrogen-bond acceptors (Lipinski definition) is 2. The molecule has 0 aromatic carbocycles. The predicted octanol–water partition coefficient (Wildman–Crippen LogP) is 1.41. The molecule has 11 heavy (non-hydrogen) atoms. The van der Waals surface area contributed by atoms with Crippen LogP contribution in [0.1, 0.15) is 27.2 Å². The summed E-state index contributed by atoms with van der Waals surface area (Å²) in [5, 5.41) is 3.51. The minimum absolute atomic E-state index is 0.411. The van der Waals surface area contributed by atoms with Gasteiger partial charge in [0.25, 0.3) is 0 Å². The smallest absolute Gasteiger partial charge is 0.0700 e. The molecular weight excluding hydrogens is 138 g/mol. The monoisotopic (exact) mass is 157 g/mol. The summed E-state index contributed by atoms with van der Waals surface area (Å²) in [4.78, 5) is 0. The Labute approximate surface area is 69.3 Å². The van der Waals surface area contributed by atoms with Crippen molar-refractivity contribution in [1.82, 2.24) is 5.32 Å². The van der Waals surface area contributed by atoms with E-state index in [-0.39, 0.29) is 0 Å². The molecule has 0 radical (unpaired) electrons. The summed E-state index contributed by atoms with van der Waals surface area (Å²) in [5.41, 5.74) is 0. The van der Waals surface area contributed by atoms with Crippen LogP contribution in [-0.2, 0) is 4.74 Å². The Balaban J connectivity index is 2.15.